The van der Waals surface area contributed by atoms with Crippen LogP contribution >= 0.6 is 11.6 Å². The van der Waals surface area contributed by atoms with Gasteiger partial charge in [-0.2, -0.15) is 0 Å². The topological polar surface area (TPSA) is 29.5 Å². The van der Waals surface area contributed by atoms with E-state index in [9.17, 15) is 5.11 Å². The van der Waals surface area contributed by atoms with E-state index in [2.05, 4.69) is 6.92 Å². The summed E-state index contributed by atoms with van der Waals surface area (Å²) >= 11 is 5.97. The van der Waals surface area contributed by atoms with Gasteiger partial charge < -0.3 is 9.84 Å². The minimum Gasteiger partial charge on any atom is -0.508 e. The number of hydrogen-bond donors (Lipinski definition) is 1. The van der Waals surface area contributed by atoms with Crippen molar-refractivity contribution in [3.05, 3.63) is 58.6 Å². The smallest absolute Gasteiger partial charge is 0.123 e. The van der Waals surface area contributed by atoms with Crippen LogP contribution in [-0.2, 0) is 13.0 Å². The predicted octanol–water partition coefficient (Wildman–Crippen LogP) is 5.36. The van der Waals surface area contributed by atoms with Gasteiger partial charge in [-0.05, 0) is 54.3 Å². The van der Waals surface area contributed by atoms with Crippen LogP contribution in [0.15, 0.2) is 42.5 Å². The fourth-order valence-electron chi connectivity index (χ4n) is 2.26. The molecule has 0 aliphatic heterocycles. The van der Waals surface area contributed by atoms with Crippen molar-refractivity contribution in [2.24, 2.45) is 0 Å². The molecular formula is C18H21ClO2. The van der Waals surface area contributed by atoms with E-state index in [-0.39, 0.29) is 5.75 Å². The largest absolute Gasteiger partial charge is 0.508 e. The predicted molar refractivity (Wildman–Crippen MR) is 87.1 cm³/mol. The number of ether oxygens (including phenoxy) is 1. The second-order valence-corrected chi connectivity index (χ2v) is 5.60. The van der Waals surface area contributed by atoms with Crippen molar-refractivity contribution in [1.29, 1.82) is 0 Å². The highest BCUT2D eigenvalue weighted by Crippen LogP contribution is 2.26. The van der Waals surface area contributed by atoms with Crippen LogP contribution in [0.5, 0.6) is 11.5 Å². The summed E-state index contributed by atoms with van der Waals surface area (Å²) in [6.45, 7) is 2.66. The molecule has 0 spiro atoms. The molecule has 0 amide bonds. The zero-order valence-corrected chi connectivity index (χ0v) is 13.1. The third-order valence-corrected chi connectivity index (χ3v) is 3.61. The van der Waals surface area contributed by atoms with Crippen LogP contribution in [0, 0.1) is 0 Å². The molecule has 2 aromatic rings. The molecule has 112 valence electrons. The lowest BCUT2D eigenvalue weighted by molar-refractivity contribution is 0.302. The summed E-state index contributed by atoms with van der Waals surface area (Å²) < 4.78 is 5.89. The van der Waals surface area contributed by atoms with Crippen molar-refractivity contribution in [2.45, 2.75) is 39.2 Å². The SMILES string of the molecule is CCCCCc1cc(O)ccc1OCc1cccc(Cl)c1. The van der Waals surface area contributed by atoms with Gasteiger partial charge in [-0.15, -0.1) is 0 Å². The van der Waals surface area contributed by atoms with Crippen LogP contribution in [0.2, 0.25) is 5.02 Å². The van der Waals surface area contributed by atoms with Crippen molar-refractivity contribution < 1.29 is 9.84 Å². The maximum Gasteiger partial charge on any atom is 0.123 e. The van der Waals surface area contributed by atoms with Crippen LogP contribution in [-0.4, -0.2) is 5.11 Å². The Morgan fingerprint density at radius 2 is 1.95 bits per heavy atom. The third-order valence-electron chi connectivity index (χ3n) is 3.38. The lowest BCUT2D eigenvalue weighted by atomic mass is 10.1. The fourth-order valence-corrected chi connectivity index (χ4v) is 2.47. The standard InChI is InChI=1S/C18H21ClO2/c1-2-3-4-7-15-12-17(20)9-10-18(15)21-13-14-6-5-8-16(19)11-14/h5-6,8-12,20H,2-4,7,13H2,1H3. The Hall–Kier alpha value is -1.67. The van der Waals surface area contributed by atoms with Gasteiger partial charge in [-0.3, -0.25) is 0 Å². The number of benzene rings is 2. The number of phenolic OH excluding ortho intramolecular Hbond substituents is 1. The van der Waals surface area contributed by atoms with Gasteiger partial charge in [0.1, 0.15) is 18.1 Å². The van der Waals surface area contributed by atoms with E-state index in [1.54, 1.807) is 12.1 Å². The summed E-state index contributed by atoms with van der Waals surface area (Å²) in [6.07, 6.45) is 4.39. The van der Waals surface area contributed by atoms with E-state index in [1.807, 2.05) is 30.3 Å². The quantitative estimate of drug-likeness (QED) is 0.698. The number of phenols is 1. The molecular weight excluding hydrogens is 284 g/mol. The van der Waals surface area contributed by atoms with Crippen molar-refractivity contribution in [3.63, 3.8) is 0 Å². The number of halogens is 1. The van der Waals surface area contributed by atoms with E-state index >= 15 is 0 Å². The molecule has 3 heteroatoms. The monoisotopic (exact) mass is 304 g/mol. The summed E-state index contributed by atoms with van der Waals surface area (Å²) in [5.74, 6) is 1.13. The number of hydrogen-bond acceptors (Lipinski definition) is 2. The molecule has 0 aromatic heterocycles. The third kappa shape index (κ3) is 4.98. The summed E-state index contributed by atoms with van der Waals surface area (Å²) in [5, 5.41) is 10.4. The van der Waals surface area contributed by atoms with Crippen molar-refractivity contribution in [3.8, 4) is 11.5 Å². The van der Waals surface area contributed by atoms with Crippen LogP contribution in [0.25, 0.3) is 0 Å². The molecule has 0 fully saturated rings. The molecule has 2 aromatic carbocycles. The molecule has 0 aliphatic rings. The Morgan fingerprint density at radius 3 is 2.71 bits per heavy atom. The fraction of sp³-hybridized carbons (Fsp3) is 0.333. The molecule has 0 aliphatic carbocycles. The van der Waals surface area contributed by atoms with Gasteiger partial charge in [0.2, 0.25) is 0 Å². The molecule has 0 unspecified atom stereocenters. The Labute approximate surface area is 131 Å². The Morgan fingerprint density at radius 1 is 1.10 bits per heavy atom. The van der Waals surface area contributed by atoms with Gasteiger partial charge in [0.15, 0.2) is 0 Å². The van der Waals surface area contributed by atoms with E-state index in [1.165, 1.54) is 12.8 Å². The molecule has 0 radical (unpaired) electrons. The average molecular weight is 305 g/mol. The summed E-state index contributed by atoms with van der Waals surface area (Å²) in [4.78, 5) is 0. The second kappa shape index (κ2) is 7.94. The summed E-state index contributed by atoms with van der Waals surface area (Å²) in [6, 6.07) is 12.9. The van der Waals surface area contributed by atoms with Gasteiger partial charge in [0.25, 0.3) is 0 Å². The average Bonchev–Trinajstić information content (AvgIpc) is 2.47. The van der Waals surface area contributed by atoms with E-state index in [0.29, 0.717) is 11.6 Å². The summed E-state index contributed by atoms with van der Waals surface area (Å²) in [7, 11) is 0. The number of aromatic hydroxyl groups is 1. The highest BCUT2D eigenvalue weighted by molar-refractivity contribution is 6.30. The molecule has 0 heterocycles. The van der Waals surface area contributed by atoms with E-state index < -0.39 is 0 Å². The lowest BCUT2D eigenvalue weighted by Gasteiger charge is -2.12. The van der Waals surface area contributed by atoms with Gasteiger partial charge >= 0.3 is 0 Å². The molecule has 2 nitrogen and oxygen atoms in total. The molecule has 0 bridgehead atoms. The first kappa shape index (κ1) is 15.7. The van der Waals surface area contributed by atoms with Crippen molar-refractivity contribution >= 4 is 11.6 Å². The maximum absolute atomic E-state index is 9.64. The maximum atomic E-state index is 9.64. The highest BCUT2D eigenvalue weighted by atomic mass is 35.5. The molecule has 0 saturated carbocycles. The first-order valence-electron chi connectivity index (χ1n) is 7.38. The molecule has 21 heavy (non-hydrogen) atoms. The van der Waals surface area contributed by atoms with Crippen LogP contribution < -0.4 is 4.74 Å². The Bertz CT molecular complexity index is 581. The van der Waals surface area contributed by atoms with Gasteiger partial charge in [0, 0.05) is 5.02 Å². The first-order valence-corrected chi connectivity index (χ1v) is 7.76. The number of rotatable bonds is 7. The lowest BCUT2D eigenvalue weighted by Crippen LogP contribution is -1.99. The van der Waals surface area contributed by atoms with Crippen LogP contribution in [0.1, 0.15) is 37.3 Å². The van der Waals surface area contributed by atoms with Crippen LogP contribution in [0.4, 0.5) is 0 Å². The number of aryl methyl sites for hydroxylation is 1. The van der Waals surface area contributed by atoms with Crippen molar-refractivity contribution in [1.82, 2.24) is 0 Å². The van der Waals surface area contributed by atoms with Gasteiger partial charge in [-0.25, -0.2) is 0 Å². The van der Waals surface area contributed by atoms with Crippen LogP contribution in [0.3, 0.4) is 0 Å². The molecule has 0 saturated heterocycles. The zero-order valence-electron chi connectivity index (χ0n) is 12.3. The van der Waals surface area contributed by atoms with Crippen molar-refractivity contribution in [2.75, 3.05) is 0 Å². The minimum absolute atomic E-state index is 0.289. The zero-order chi connectivity index (χ0) is 15.1. The van der Waals surface area contributed by atoms with Gasteiger partial charge in [-0.1, -0.05) is 43.5 Å². The Balaban J connectivity index is 2.04. The number of unbranched alkanes of at least 4 members (excludes halogenated alkanes) is 2. The summed E-state index contributed by atoms with van der Waals surface area (Å²) in [5.41, 5.74) is 2.10. The minimum atomic E-state index is 0.289. The normalized spacial score (nSPS) is 10.6. The van der Waals surface area contributed by atoms with Gasteiger partial charge in [0.05, 0.1) is 0 Å². The van der Waals surface area contributed by atoms with E-state index in [0.717, 1.165) is 29.7 Å². The first-order chi connectivity index (χ1) is 10.2. The molecule has 2 rings (SSSR count). The van der Waals surface area contributed by atoms with E-state index in [4.69, 9.17) is 16.3 Å². The molecule has 1 N–H and O–H groups in total. The molecule has 0 atom stereocenters. The second-order valence-electron chi connectivity index (χ2n) is 5.17. The highest BCUT2D eigenvalue weighted by Gasteiger charge is 2.06. The Kier molecular flexibility index (Phi) is 5.94.